The Labute approximate surface area is 167 Å². The van der Waals surface area contributed by atoms with Crippen LogP contribution in [0.3, 0.4) is 0 Å². The zero-order valence-electron chi connectivity index (χ0n) is 15.4. The second-order valence-corrected chi connectivity index (χ2v) is 7.87. The number of carbonyl (C=O) groups is 2. The summed E-state index contributed by atoms with van der Waals surface area (Å²) in [6.45, 7) is 3.23. The normalized spacial score (nSPS) is 12.2. The van der Waals surface area contributed by atoms with Crippen LogP contribution in [0.15, 0.2) is 41.3 Å². The number of rotatable bonds is 6. The molecule has 0 spiro atoms. The number of nitrogens with one attached hydrogen (secondary N) is 1. The first kappa shape index (κ1) is 21.7. The van der Waals surface area contributed by atoms with E-state index in [0.717, 1.165) is 11.6 Å². The van der Waals surface area contributed by atoms with Crippen LogP contribution in [-0.2, 0) is 19.6 Å². The number of hydrogen-bond donors (Lipinski definition) is 2. The molecular formula is C18H19ClN2O6S. The van der Waals surface area contributed by atoms with E-state index in [2.05, 4.69) is 5.32 Å². The smallest absolute Gasteiger partial charge is 0.338 e. The second-order valence-electron chi connectivity index (χ2n) is 5.93. The highest BCUT2D eigenvalue weighted by Gasteiger charge is 2.22. The Morgan fingerprint density at radius 1 is 1.18 bits per heavy atom. The summed E-state index contributed by atoms with van der Waals surface area (Å²) >= 11 is 5.79. The third kappa shape index (κ3) is 5.22. The number of methoxy groups -OCH3 is 1. The fraction of sp³-hybridized carbons (Fsp3) is 0.222. The maximum absolute atomic E-state index is 12.4. The van der Waals surface area contributed by atoms with Gasteiger partial charge in [-0.1, -0.05) is 17.7 Å². The minimum Gasteiger partial charge on any atom is -0.495 e. The Morgan fingerprint density at radius 2 is 1.86 bits per heavy atom. The van der Waals surface area contributed by atoms with Gasteiger partial charge in [0.05, 0.1) is 23.4 Å². The molecule has 10 heteroatoms. The number of ether oxygens (including phenoxy) is 2. The number of halogens is 1. The standard InChI is InChI=1S/C18H19ClN2O6S/c1-10-4-7-15(26-3)14(8-10)21-17(22)11(2)27-18(23)12-5-6-13(19)16(9-12)28(20,24)25/h4-9,11H,1-3H3,(H,21,22)(H2,20,24,25). The van der Waals surface area contributed by atoms with Gasteiger partial charge < -0.3 is 14.8 Å². The fourth-order valence-electron chi connectivity index (χ4n) is 2.28. The van der Waals surface area contributed by atoms with E-state index in [1.54, 1.807) is 12.1 Å². The molecule has 8 nitrogen and oxygen atoms in total. The zero-order chi connectivity index (χ0) is 21.1. The molecule has 0 bridgehead atoms. The van der Waals surface area contributed by atoms with Gasteiger partial charge >= 0.3 is 5.97 Å². The number of primary sulfonamides is 1. The van der Waals surface area contributed by atoms with Crippen molar-refractivity contribution in [2.24, 2.45) is 5.14 Å². The van der Waals surface area contributed by atoms with Crippen LogP contribution in [0, 0.1) is 6.92 Å². The highest BCUT2D eigenvalue weighted by atomic mass is 35.5. The number of nitrogens with two attached hydrogens (primary N) is 1. The summed E-state index contributed by atoms with van der Waals surface area (Å²) in [4.78, 5) is 24.2. The molecule has 0 aliphatic heterocycles. The Morgan fingerprint density at radius 3 is 2.46 bits per heavy atom. The Kier molecular flexibility index (Phi) is 6.65. The molecule has 0 heterocycles. The van der Waals surface area contributed by atoms with Crippen LogP contribution in [0.5, 0.6) is 5.75 Å². The predicted molar refractivity (Wildman–Crippen MR) is 104 cm³/mol. The molecule has 2 rings (SSSR count). The quantitative estimate of drug-likeness (QED) is 0.683. The molecule has 0 aliphatic carbocycles. The summed E-state index contributed by atoms with van der Waals surface area (Å²) in [7, 11) is -2.65. The largest absolute Gasteiger partial charge is 0.495 e. The summed E-state index contributed by atoms with van der Waals surface area (Å²) in [6, 6.07) is 8.70. The average Bonchev–Trinajstić information content (AvgIpc) is 2.61. The first-order chi connectivity index (χ1) is 13.0. The SMILES string of the molecule is COc1ccc(C)cc1NC(=O)C(C)OC(=O)c1ccc(Cl)c(S(N)(=O)=O)c1. The molecule has 2 aromatic carbocycles. The Hall–Kier alpha value is -2.62. The van der Waals surface area contributed by atoms with Crippen molar-refractivity contribution in [3.8, 4) is 5.75 Å². The van der Waals surface area contributed by atoms with E-state index in [1.165, 1.54) is 26.2 Å². The number of benzene rings is 2. The minimum atomic E-state index is -4.12. The molecule has 1 unspecified atom stereocenters. The van der Waals surface area contributed by atoms with Gasteiger partial charge in [0.15, 0.2) is 6.10 Å². The van der Waals surface area contributed by atoms with Gasteiger partial charge in [0.2, 0.25) is 10.0 Å². The van der Waals surface area contributed by atoms with E-state index >= 15 is 0 Å². The van der Waals surface area contributed by atoms with Crippen molar-refractivity contribution in [1.29, 1.82) is 0 Å². The molecule has 150 valence electrons. The molecular weight excluding hydrogens is 408 g/mol. The lowest BCUT2D eigenvalue weighted by atomic mass is 10.2. The molecule has 1 amide bonds. The zero-order valence-corrected chi connectivity index (χ0v) is 16.9. The molecule has 0 saturated carbocycles. The van der Waals surface area contributed by atoms with Crippen LogP contribution in [0.1, 0.15) is 22.8 Å². The molecule has 0 radical (unpaired) electrons. The van der Waals surface area contributed by atoms with Gasteiger partial charge in [0.25, 0.3) is 5.91 Å². The van der Waals surface area contributed by atoms with Crippen LogP contribution >= 0.6 is 11.6 Å². The third-order valence-electron chi connectivity index (χ3n) is 3.74. The molecule has 2 aromatic rings. The summed E-state index contributed by atoms with van der Waals surface area (Å²) < 4.78 is 33.3. The van der Waals surface area contributed by atoms with Crippen LogP contribution < -0.4 is 15.2 Å². The summed E-state index contributed by atoms with van der Waals surface area (Å²) in [5.74, 6) is -1.04. The van der Waals surface area contributed by atoms with Crippen molar-refractivity contribution in [2.45, 2.75) is 24.8 Å². The molecule has 1 atom stereocenters. The Bertz CT molecular complexity index is 1020. The van der Waals surface area contributed by atoms with Gasteiger partial charge in [-0.2, -0.15) is 0 Å². The van der Waals surface area contributed by atoms with Gasteiger partial charge in [0, 0.05) is 0 Å². The first-order valence-corrected chi connectivity index (χ1v) is 9.94. The van der Waals surface area contributed by atoms with Crippen molar-refractivity contribution >= 4 is 39.2 Å². The van der Waals surface area contributed by atoms with Crippen molar-refractivity contribution in [3.05, 3.63) is 52.5 Å². The van der Waals surface area contributed by atoms with Crippen molar-refractivity contribution < 1.29 is 27.5 Å². The maximum atomic E-state index is 12.4. The summed E-state index contributed by atoms with van der Waals surface area (Å²) in [5, 5.41) is 7.56. The van der Waals surface area contributed by atoms with Crippen LogP contribution in [0.2, 0.25) is 5.02 Å². The van der Waals surface area contributed by atoms with Crippen LogP contribution in [-0.4, -0.2) is 33.5 Å². The molecule has 28 heavy (non-hydrogen) atoms. The van der Waals surface area contributed by atoms with E-state index in [-0.39, 0.29) is 10.6 Å². The maximum Gasteiger partial charge on any atom is 0.338 e. The second kappa shape index (κ2) is 8.59. The number of carbonyl (C=O) groups excluding carboxylic acids is 2. The molecule has 0 aromatic heterocycles. The van der Waals surface area contributed by atoms with E-state index in [1.807, 2.05) is 13.0 Å². The lowest BCUT2D eigenvalue weighted by Crippen LogP contribution is -2.30. The lowest BCUT2D eigenvalue weighted by molar-refractivity contribution is -0.123. The first-order valence-electron chi connectivity index (χ1n) is 8.01. The third-order valence-corrected chi connectivity index (χ3v) is 5.13. The number of aryl methyl sites for hydroxylation is 1. The van der Waals surface area contributed by atoms with Gasteiger partial charge in [-0.05, 0) is 49.7 Å². The van der Waals surface area contributed by atoms with Crippen molar-refractivity contribution in [1.82, 2.24) is 0 Å². The van der Waals surface area contributed by atoms with Gasteiger partial charge in [-0.15, -0.1) is 0 Å². The van der Waals surface area contributed by atoms with Crippen molar-refractivity contribution in [2.75, 3.05) is 12.4 Å². The highest BCUT2D eigenvalue weighted by molar-refractivity contribution is 7.89. The fourth-order valence-corrected chi connectivity index (χ4v) is 3.36. The summed E-state index contributed by atoms with van der Waals surface area (Å²) in [6.07, 6.45) is -1.16. The topological polar surface area (TPSA) is 125 Å². The Balaban J connectivity index is 2.14. The van der Waals surface area contributed by atoms with Gasteiger partial charge in [-0.3, -0.25) is 4.79 Å². The number of sulfonamides is 1. The highest BCUT2D eigenvalue weighted by Crippen LogP contribution is 2.26. The molecule has 0 aliphatic rings. The van der Waals surface area contributed by atoms with Crippen LogP contribution in [0.4, 0.5) is 5.69 Å². The van der Waals surface area contributed by atoms with Crippen LogP contribution in [0.25, 0.3) is 0 Å². The van der Waals surface area contributed by atoms with E-state index in [0.29, 0.717) is 11.4 Å². The number of amides is 1. The molecule has 3 N–H and O–H groups in total. The molecule has 0 fully saturated rings. The van der Waals surface area contributed by atoms with Gasteiger partial charge in [-0.25, -0.2) is 18.4 Å². The minimum absolute atomic E-state index is 0.110. The van der Waals surface area contributed by atoms with Gasteiger partial charge in [0.1, 0.15) is 10.6 Å². The van der Waals surface area contributed by atoms with E-state index in [9.17, 15) is 18.0 Å². The lowest BCUT2D eigenvalue weighted by Gasteiger charge is -2.16. The predicted octanol–water partition coefficient (Wildman–Crippen LogP) is 2.49. The number of anilines is 1. The van der Waals surface area contributed by atoms with Crippen molar-refractivity contribution in [3.63, 3.8) is 0 Å². The molecule has 0 saturated heterocycles. The van der Waals surface area contributed by atoms with E-state index in [4.69, 9.17) is 26.2 Å². The monoisotopic (exact) mass is 426 g/mol. The summed E-state index contributed by atoms with van der Waals surface area (Å²) in [5.41, 5.74) is 1.22. The van der Waals surface area contributed by atoms with E-state index < -0.39 is 32.9 Å². The average molecular weight is 427 g/mol. The number of hydrogen-bond acceptors (Lipinski definition) is 6. The number of esters is 1.